The molecule has 1 rings (SSSR count). The second kappa shape index (κ2) is 8.97. The molecule has 0 atom stereocenters. The number of benzene rings is 1. The molecule has 106 valence electrons. The third-order valence-corrected chi connectivity index (χ3v) is 3.92. The predicted molar refractivity (Wildman–Crippen MR) is 82.5 cm³/mol. The number of unbranched alkanes of at least 4 members (excludes halogenated alkanes) is 2. The number of halogens is 1. The lowest BCUT2D eigenvalue weighted by Crippen LogP contribution is -2.05. The van der Waals surface area contributed by atoms with Crippen LogP contribution in [-0.2, 0) is 9.53 Å². The van der Waals surface area contributed by atoms with E-state index in [1.165, 1.54) is 5.56 Å². The highest BCUT2D eigenvalue weighted by atomic mass is 79.9. The molecule has 19 heavy (non-hydrogen) atoms. The van der Waals surface area contributed by atoms with Gasteiger partial charge in [0.15, 0.2) is 0 Å². The van der Waals surface area contributed by atoms with Crippen LogP contribution >= 0.6 is 15.9 Å². The molecule has 0 aromatic heterocycles. The summed E-state index contributed by atoms with van der Waals surface area (Å²) in [6, 6.07) is 6.19. The van der Waals surface area contributed by atoms with Crippen molar-refractivity contribution in [1.29, 1.82) is 0 Å². The van der Waals surface area contributed by atoms with Crippen LogP contribution in [0.15, 0.2) is 22.7 Å². The fourth-order valence-electron chi connectivity index (χ4n) is 1.81. The van der Waals surface area contributed by atoms with E-state index in [1.54, 1.807) is 0 Å². The maximum absolute atomic E-state index is 11.1. The Morgan fingerprint density at radius 2 is 2.11 bits per heavy atom. The second-order valence-electron chi connectivity index (χ2n) is 4.48. The van der Waals surface area contributed by atoms with E-state index >= 15 is 0 Å². The molecule has 0 aliphatic carbocycles. The Morgan fingerprint density at radius 3 is 2.84 bits per heavy atom. The van der Waals surface area contributed by atoms with Crippen molar-refractivity contribution in [3.05, 3.63) is 28.2 Å². The van der Waals surface area contributed by atoms with Crippen LogP contribution in [0.1, 0.15) is 38.2 Å². The van der Waals surface area contributed by atoms with Crippen molar-refractivity contribution < 1.29 is 9.53 Å². The van der Waals surface area contributed by atoms with Crippen molar-refractivity contribution in [3.8, 4) is 0 Å². The summed E-state index contributed by atoms with van der Waals surface area (Å²) in [5.74, 6) is -0.0862. The van der Waals surface area contributed by atoms with E-state index in [0.29, 0.717) is 13.0 Å². The quantitative estimate of drug-likeness (QED) is 0.571. The van der Waals surface area contributed by atoms with Crippen molar-refractivity contribution in [2.75, 3.05) is 18.5 Å². The van der Waals surface area contributed by atoms with E-state index in [0.717, 1.165) is 36.0 Å². The highest BCUT2D eigenvalue weighted by molar-refractivity contribution is 9.10. The number of hydrogen-bond donors (Lipinski definition) is 1. The van der Waals surface area contributed by atoms with Crippen LogP contribution in [0.4, 0.5) is 5.69 Å². The van der Waals surface area contributed by atoms with Gasteiger partial charge in [0.05, 0.1) is 6.61 Å². The molecule has 0 amide bonds. The number of aryl methyl sites for hydroxylation is 1. The van der Waals surface area contributed by atoms with Crippen molar-refractivity contribution >= 4 is 27.6 Å². The lowest BCUT2D eigenvalue weighted by molar-refractivity contribution is -0.143. The maximum atomic E-state index is 11.1. The van der Waals surface area contributed by atoms with Gasteiger partial charge in [-0.25, -0.2) is 0 Å². The van der Waals surface area contributed by atoms with Gasteiger partial charge >= 0.3 is 5.97 Å². The van der Waals surface area contributed by atoms with Gasteiger partial charge in [-0.15, -0.1) is 0 Å². The number of ether oxygens (including phenoxy) is 1. The fourth-order valence-corrected chi connectivity index (χ4v) is 2.22. The Kier molecular flexibility index (Phi) is 7.56. The number of esters is 1. The molecule has 1 aromatic rings. The zero-order chi connectivity index (χ0) is 14.1. The Labute approximate surface area is 123 Å². The molecule has 4 heteroatoms. The Hall–Kier alpha value is -1.03. The van der Waals surface area contributed by atoms with E-state index in [-0.39, 0.29) is 5.97 Å². The molecular formula is C15H22BrNO2. The third-order valence-electron chi connectivity index (χ3n) is 2.87. The van der Waals surface area contributed by atoms with Gasteiger partial charge < -0.3 is 10.1 Å². The maximum Gasteiger partial charge on any atom is 0.305 e. The average molecular weight is 328 g/mol. The average Bonchev–Trinajstić information content (AvgIpc) is 2.38. The summed E-state index contributed by atoms with van der Waals surface area (Å²) in [6.45, 7) is 5.31. The van der Waals surface area contributed by atoms with E-state index < -0.39 is 0 Å². The van der Waals surface area contributed by atoms with Crippen molar-refractivity contribution in [2.45, 2.75) is 39.5 Å². The molecule has 0 saturated heterocycles. The topological polar surface area (TPSA) is 38.3 Å². The van der Waals surface area contributed by atoms with Gasteiger partial charge in [0.25, 0.3) is 0 Å². The largest absolute Gasteiger partial charge is 0.466 e. The first kappa shape index (κ1) is 16.0. The van der Waals surface area contributed by atoms with Crippen molar-refractivity contribution in [1.82, 2.24) is 0 Å². The van der Waals surface area contributed by atoms with Crippen molar-refractivity contribution in [2.24, 2.45) is 0 Å². The first-order chi connectivity index (χ1) is 9.15. The summed E-state index contributed by atoms with van der Waals surface area (Å²) in [7, 11) is 0. The minimum absolute atomic E-state index is 0.0862. The van der Waals surface area contributed by atoms with Gasteiger partial charge in [-0.3, -0.25) is 4.79 Å². The summed E-state index contributed by atoms with van der Waals surface area (Å²) in [4.78, 5) is 11.1. The molecule has 0 heterocycles. The molecule has 0 spiro atoms. The van der Waals surface area contributed by atoms with Gasteiger partial charge in [-0.1, -0.05) is 18.6 Å². The molecule has 0 aliphatic rings. The molecule has 0 bridgehead atoms. The number of carbonyl (C=O) groups excluding carboxylic acids is 1. The standard InChI is InChI=1S/C15H22BrNO2/c1-3-19-14(18)10-5-4-6-11-17-13-9-7-8-12(2)15(13)16/h7-9,17H,3-6,10-11H2,1-2H3. The molecule has 1 N–H and O–H groups in total. The summed E-state index contributed by atoms with van der Waals surface area (Å²) >= 11 is 3.58. The minimum atomic E-state index is -0.0862. The van der Waals surface area contributed by atoms with Crippen LogP contribution in [-0.4, -0.2) is 19.1 Å². The van der Waals surface area contributed by atoms with Gasteiger partial charge in [-0.2, -0.15) is 0 Å². The van der Waals surface area contributed by atoms with Gasteiger partial charge in [-0.05, 0) is 54.2 Å². The zero-order valence-electron chi connectivity index (χ0n) is 11.7. The Balaban J connectivity index is 2.14. The molecular weight excluding hydrogens is 306 g/mol. The third kappa shape index (κ3) is 6.10. The van der Waals surface area contributed by atoms with Crippen molar-refractivity contribution in [3.63, 3.8) is 0 Å². The smallest absolute Gasteiger partial charge is 0.305 e. The highest BCUT2D eigenvalue weighted by Crippen LogP contribution is 2.25. The van der Waals surface area contributed by atoms with Gasteiger partial charge in [0.2, 0.25) is 0 Å². The SMILES string of the molecule is CCOC(=O)CCCCCNc1cccc(C)c1Br. The minimum Gasteiger partial charge on any atom is -0.466 e. The number of hydrogen-bond acceptors (Lipinski definition) is 3. The summed E-state index contributed by atoms with van der Waals surface area (Å²) in [6.07, 6.45) is 3.52. The lowest BCUT2D eigenvalue weighted by atomic mass is 10.2. The number of nitrogens with one attached hydrogen (secondary N) is 1. The van der Waals surface area contributed by atoms with Crippen LogP contribution in [0.2, 0.25) is 0 Å². The van der Waals surface area contributed by atoms with Crippen LogP contribution in [0.3, 0.4) is 0 Å². The molecule has 0 unspecified atom stereocenters. The Morgan fingerprint density at radius 1 is 1.32 bits per heavy atom. The van der Waals surface area contributed by atoms with Crippen LogP contribution in [0, 0.1) is 6.92 Å². The van der Waals surface area contributed by atoms with Crippen LogP contribution in [0.5, 0.6) is 0 Å². The predicted octanol–water partition coefficient (Wildman–Crippen LogP) is 4.29. The molecule has 0 radical (unpaired) electrons. The second-order valence-corrected chi connectivity index (χ2v) is 5.27. The summed E-state index contributed by atoms with van der Waals surface area (Å²) < 4.78 is 6.01. The van der Waals surface area contributed by atoms with Gasteiger partial charge in [0, 0.05) is 23.1 Å². The zero-order valence-corrected chi connectivity index (χ0v) is 13.3. The first-order valence-corrected chi connectivity index (χ1v) is 7.59. The molecule has 1 aromatic carbocycles. The van der Waals surface area contributed by atoms with E-state index in [4.69, 9.17) is 4.74 Å². The number of carbonyl (C=O) groups is 1. The number of anilines is 1. The lowest BCUT2D eigenvalue weighted by Gasteiger charge is -2.10. The normalized spacial score (nSPS) is 10.3. The Bertz CT molecular complexity index is 407. The first-order valence-electron chi connectivity index (χ1n) is 6.79. The van der Waals surface area contributed by atoms with E-state index in [1.807, 2.05) is 13.0 Å². The summed E-state index contributed by atoms with van der Waals surface area (Å²) in [5, 5.41) is 3.40. The molecule has 0 saturated carbocycles. The fraction of sp³-hybridized carbons (Fsp3) is 0.533. The summed E-state index contributed by atoms with van der Waals surface area (Å²) in [5.41, 5.74) is 2.36. The van der Waals surface area contributed by atoms with E-state index in [9.17, 15) is 4.79 Å². The van der Waals surface area contributed by atoms with Gasteiger partial charge in [0.1, 0.15) is 0 Å². The van der Waals surface area contributed by atoms with Crippen LogP contribution in [0.25, 0.3) is 0 Å². The molecule has 0 aliphatic heterocycles. The molecule has 3 nitrogen and oxygen atoms in total. The monoisotopic (exact) mass is 327 g/mol. The highest BCUT2D eigenvalue weighted by Gasteiger charge is 2.02. The molecule has 0 fully saturated rings. The number of rotatable bonds is 8. The van der Waals surface area contributed by atoms with Crippen LogP contribution < -0.4 is 5.32 Å². The van der Waals surface area contributed by atoms with E-state index in [2.05, 4.69) is 40.3 Å².